The van der Waals surface area contributed by atoms with Gasteiger partial charge in [0.2, 0.25) is 0 Å². The second-order valence-electron chi connectivity index (χ2n) is 3.45. The number of hydrogen-bond donors (Lipinski definition) is 3. The van der Waals surface area contributed by atoms with E-state index in [9.17, 15) is 9.90 Å². The summed E-state index contributed by atoms with van der Waals surface area (Å²) >= 11 is 0. The molecule has 0 amide bonds. The van der Waals surface area contributed by atoms with Gasteiger partial charge in [-0.3, -0.25) is 4.79 Å². The molecule has 0 bridgehead atoms. The Hall–Kier alpha value is -2.07. The van der Waals surface area contributed by atoms with Gasteiger partial charge in [-0.25, -0.2) is 0 Å². The van der Waals surface area contributed by atoms with Crippen LogP contribution in [-0.4, -0.2) is 10.1 Å². The van der Waals surface area contributed by atoms with Crippen molar-refractivity contribution in [1.29, 1.82) is 0 Å². The molecule has 0 radical (unpaired) electrons. The zero-order valence-corrected chi connectivity index (χ0v) is 8.60. The van der Waals surface area contributed by atoms with Gasteiger partial charge in [0.15, 0.2) is 0 Å². The molecule has 2 rings (SSSR count). The molecule has 4 N–H and O–H groups in total. The number of phenolic OH excluding ortho intramolecular Hbond substituents is 1. The fraction of sp³-hybridized carbons (Fsp3) is 0.0833. The number of phenols is 1. The van der Waals surface area contributed by atoms with Gasteiger partial charge in [-0.15, -0.1) is 0 Å². The smallest absolute Gasteiger partial charge is 0.253 e. The van der Waals surface area contributed by atoms with E-state index in [2.05, 4.69) is 4.98 Å². The maximum atomic E-state index is 11.5. The standard InChI is InChI=1S/C12H12N2O2/c13-7-11-10(5-6-14-12(11)16)8-1-3-9(15)4-2-8/h1-6,15H,7,13H2,(H,14,16). The van der Waals surface area contributed by atoms with Gasteiger partial charge >= 0.3 is 0 Å². The summed E-state index contributed by atoms with van der Waals surface area (Å²) in [4.78, 5) is 14.1. The monoisotopic (exact) mass is 216 g/mol. The lowest BCUT2D eigenvalue weighted by Gasteiger charge is -2.06. The summed E-state index contributed by atoms with van der Waals surface area (Å²) in [7, 11) is 0. The summed E-state index contributed by atoms with van der Waals surface area (Å²) in [6.07, 6.45) is 1.59. The third-order valence-corrected chi connectivity index (χ3v) is 2.45. The first-order valence-corrected chi connectivity index (χ1v) is 4.92. The summed E-state index contributed by atoms with van der Waals surface area (Å²) in [5.74, 6) is 0.197. The second kappa shape index (κ2) is 4.20. The average Bonchev–Trinajstić information content (AvgIpc) is 2.30. The highest BCUT2D eigenvalue weighted by molar-refractivity contribution is 5.67. The van der Waals surface area contributed by atoms with E-state index in [-0.39, 0.29) is 17.9 Å². The van der Waals surface area contributed by atoms with Gasteiger partial charge < -0.3 is 15.8 Å². The number of pyridine rings is 1. The second-order valence-corrected chi connectivity index (χ2v) is 3.45. The van der Waals surface area contributed by atoms with E-state index in [1.807, 2.05) is 0 Å². The molecule has 4 heteroatoms. The van der Waals surface area contributed by atoms with Gasteiger partial charge in [-0.1, -0.05) is 12.1 Å². The van der Waals surface area contributed by atoms with Crippen LogP contribution in [0, 0.1) is 0 Å². The Kier molecular flexibility index (Phi) is 2.74. The van der Waals surface area contributed by atoms with Crippen molar-refractivity contribution in [3.63, 3.8) is 0 Å². The van der Waals surface area contributed by atoms with Crippen molar-refractivity contribution < 1.29 is 5.11 Å². The predicted octanol–water partition coefficient (Wildman–Crippen LogP) is 1.21. The minimum Gasteiger partial charge on any atom is -0.508 e. The van der Waals surface area contributed by atoms with Crippen LogP contribution >= 0.6 is 0 Å². The maximum absolute atomic E-state index is 11.5. The number of H-pyrrole nitrogens is 1. The number of hydrogen-bond acceptors (Lipinski definition) is 3. The van der Waals surface area contributed by atoms with Crippen LogP contribution in [0.5, 0.6) is 5.75 Å². The van der Waals surface area contributed by atoms with Gasteiger partial charge in [0.1, 0.15) is 5.75 Å². The summed E-state index contributed by atoms with van der Waals surface area (Å²) in [5.41, 5.74) is 7.59. The largest absolute Gasteiger partial charge is 0.508 e. The van der Waals surface area contributed by atoms with Crippen molar-refractivity contribution in [1.82, 2.24) is 4.98 Å². The molecule has 16 heavy (non-hydrogen) atoms. The van der Waals surface area contributed by atoms with Gasteiger partial charge in [0.25, 0.3) is 5.56 Å². The van der Waals surface area contributed by atoms with E-state index in [0.29, 0.717) is 5.56 Å². The molecular formula is C12H12N2O2. The molecule has 0 aliphatic rings. The molecule has 4 nitrogen and oxygen atoms in total. The molecule has 0 saturated heterocycles. The Morgan fingerprint density at radius 3 is 2.50 bits per heavy atom. The van der Waals surface area contributed by atoms with Crippen molar-refractivity contribution in [2.45, 2.75) is 6.54 Å². The normalized spacial score (nSPS) is 10.3. The van der Waals surface area contributed by atoms with Crippen LogP contribution in [0.15, 0.2) is 41.3 Å². The van der Waals surface area contributed by atoms with E-state index in [1.165, 1.54) is 0 Å². The highest BCUT2D eigenvalue weighted by Crippen LogP contribution is 2.22. The Morgan fingerprint density at radius 2 is 1.88 bits per heavy atom. The van der Waals surface area contributed by atoms with Crippen molar-refractivity contribution in [3.8, 4) is 16.9 Å². The Morgan fingerprint density at radius 1 is 1.19 bits per heavy atom. The third-order valence-electron chi connectivity index (χ3n) is 2.45. The van der Waals surface area contributed by atoms with Gasteiger partial charge in [0.05, 0.1) is 0 Å². The van der Waals surface area contributed by atoms with Crippen LogP contribution in [-0.2, 0) is 6.54 Å². The highest BCUT2D eigenvalue weighted by Gasteiger charge is 2.06. The minimum absolute atomic E-state index is 0.173. The van der Waals surface area contributed by atoms with Crippen molar-refractivity contribution in [3.05, 3.63) is 52.4 Å². The zero-order valence-electron chi connectivity index (χ0n) is 8.60. The van der Waals surface area contributed by atoms with Crippen LogP contribution in [0.25, 0.3) is 11.1 Å². The van der Waals surface area contributed by atoms with Crippen LogP contribution in [0.3, 0.4) is 0 Å². The number of nitrogens with one attached hydrogen (secondary N) is 1. The van der Waals surface area contributed by atoms with Gasteiger partial charge in [-0.2, -0.15) is 0 Å². The Bertz CT molecular complexity index is 544. The summed E-state index contributed by atoms with van der Waals surface area (Å²) in [6.45, 7) is 0.187. The van der Waals surface area contributed by atoms with E-state index in [4.69, 9.17) is 5.73 Å². The van der Waals surface area contributed by atoms with E-state index >= 15 is 0 Å². The molecule has 1 aromatic carbocycles. The lowest BCUT2D eigenvalue weighted by molar-refractivity contribution is 0.475. The predicted molar refractivity (Wildman–Crippen MR) is 62.1 cm³/mol. The zero-order chi connectivity index (χ0) is 11.5. The molecule has 0 atom stereocenters. The molecule has 0 saturated carbocycles. The molecule has 1 aromatic heterocycles. The maximum Gasteiger partial charge on any atom is 0.253 e. The molecule has 0 spiro atoms. The first kappa shape index (κ1) is 10.4. The molecular weight excluding hydrogens is 204 g/mol. The number of nitrogens with two attached hydrogens (primary N) is 1. The number of rotatable bonds is 2. The quantitative estimate of drug-likeness (QED) is 0.705. The van der Waals surface area contributed by atoms with Crippen LogP contribution in [0.2, 0.25) is 0 Å². The summed E-state index contributed by atoms with van der Waals surface area (Å²) in [5, 5.41) is 9.19. The van der Waals surface area contributed by atoms with Crippen molar-refractivity contribution in [2.75, 3.05) is 0 Å². The first-order chi connectivity index (χ1) is 7.72. The molecule has 1 heterocycles. The Balaban J connectivity index is 2.60. The molecule has 0 aliphatic heterocycles. The number of aromatic hydroxyl groups is 1. The van der Waals surface area contributed by atoms with Crippen LogP contribution in [0.1, 0.15) is 5.56 Å². The number of benzene rings is 1. The van der Waals surface area contributed by atoms with E-state index < -0.39 is 0 Å². The molecule has 82 valence electrons. The van der Waals surface area contributed by atoms with Crippen molar-refractivity contribution >= 4 is 0 Å². The fourth-order valence-electron chi connectivity index (χ4n) is 1.62. The van der Waals surface area contributed by atoms with Crippen LogP contribution in [0.4, 0.5) is 0 Å². The third kappa shape index (κ3) is 1.83. The fourth-order valence-corrected chi connectivity index (χ4v) is 1.62. The first-order valence-electron chi connectivity index (χ1n) is 4.92. The SMILES string of the molecule is NCc1c(-c2ccc(O)cc2)cc[nH]c1=O. The highest BCUT2D eigenvalue weighted by atomic mass is 16.3. The van der Waals surface area contributed by atoms with Crippen molar-refractivity contribution in [2.24, 2.45) is 5.73 Å². The van der Waals surface area contributed by atoms with E-state index in [1.54, 1.807) is 36.5 Å². The van der Waals surface area contributed by atoms with Crippen LogP contribution < -0.4 is 11.3 Å². The average molecular weight is 216 g/mol. The summed E-state index contributed by atoms with van der Waals surface area (Å²) in [6, 6.07) is 8.47. The molecule has 0 fully saturated rings. The van der Waals surface area contributed by atoms with Gasteiger partial charge in [0, 0.05) is 18.3 Å². The molecule has 0 unspecified atom stereocenters. The van der Waals surface area contributed by atoms with E-state index in [0.717, 1.165) is 11.1 Å². The minimum atomic E-state index is -0.173. The number of aromatic amines is 1. The summed E-state index contributed by atoms with van der Waals surface area (Å²) < 4.78 is 0. The lowest BCUT2D eigenvalue weighted by atomic mass is 10.0. The molecule has 2 aromatic rings. The Labute approximate surface area is 92.4 Å². The van der Waals surface area contributed by atoms with Gasteiger partial charge in [-0.05, 0) is 29.3 Å². The molecule has 0 aliphatic carbocycles. The lowest BCUT2D eigenvalue weighted by Crippen LogP contribution is -2.16. The topological polar surface area (TPSA) is 79.1 Å². The number of aromatic nitrogens is 1.